The van der Waals surface area contributed by atoms with E-state index in [2.05, 4.69) is 0 Å². The minimum absolute atomic E-state index is 0.0457. The Morgan fingerprint density at radius 2 is 1.85 bits per heavy atom. The number of benzene rings is 1. The summed E-state index contributed by atoms with van der Waals surface area (Å²) in [5, 5.41) is 9.33. The van der Waals surface area contributed by atoms with Crippen LogP contribution in [0.25, 0.3) is 10.9 Å². The van der Waals surface area contributed by atoms with Crippen molar-refractivity contribution >= 4 is 16.8 Å². The summed E-state index contributed by atoms with van der Waals surface area (Å²) in [6, 6.07) is 3.87. The largest absolute Gasteiger partial charge is 0.417 e. The molecule has 3 rings (SSSR count). The molecule has 27 heavy (non-hydrogen) atoms. The SMILES string of the molecule is NC(=O)c1c(CC2CCCCCC2)n(CCO)c2cccc(C(F)(F)F)c12. The lowest BCUT2D eigenvalue weighted by atomic mass is 9.92. The van der Waals surface area contributed by atoms with Crippen molar-refractivity contribution in [1.29, 1.82) is 0 Å². The third-order valence-corrected chi connectivity index (χ3v) is 5.53. The summed E-state index contributed by atoms with van der Waals surface area (Å²) in [6.45, 7) is -0.0942. The fourth-order valence-corrected chi connectivity index (χ4v) is 4.36. The Balaban J connectivity index is 2.22. The molecule has 0 bridgehead atoms. The first-order chi connectivity index (χ1) is 12.8. The van der Waals surface area contributed by atoms with Gasteiger partial charge in [0, 0.05) is 23.1 Å². The van der Waals surface area contributed by atoms with E-state index in [1.807, 2.05) is 0 Å². The lowest BCUT2D eigenvalue weighted by Gasteiger charge is -2.17. The second-order valence-corrected chi connectivity index (χ2v) is 7.32. The predicted molar refractivity (Wildman–Crippen MR) is 97.4 cm³/mol. The van der Waals surface area contributed by atoms with E-state index < -0.39 is 17.6 Å². The van der Waals surface area contributed by atoms with E-state index in [1.165, 1.54) is 6.07 Å². The highest BCUT2D eigenvalue weighted by atomic mass is 19.4. The van der Waals surface area contributed by atoms with E-state index >= 15 is 0 Å². The van der Waals surface area contributed by atoms with Crippen molar-refractivity contribution in [2.75, 3.05) is 6.61 Å². The van der Waals surface area contributed by atoms with Crippen LogP contribution in [0.2, 0.25) is 0 Å². The average Bonchev–Trinajstić information content (AvgIpc) is 2.74. The first kappa shape index (κ1) is 19.7. The molecule has 0 unspecified atom stereocenters. The van der Waals surface area contributed by atoms with Crippen LogP contribution in [0.15, 0.2) is 18.2 Å². The van der Waals surface area contributed by atoms with Crippen molar-refractivity contribution in [3.05, 3.63) is 35.0 Å². The maximum atomic E-state index is 13.6. The zero-order chi connectivity index (χ0) is 19.6. The number of aromatic nitrogens is 1. The van der Waals surface area contributed by atoms with E-state index in [-0.39, 0.29) is 24.1 Å². The highest BCUT2D eigenvalue weighted by Crippen LogP contribution is 2.40. The molecular formula is C20H25F3N2O2. The number of carbonyl (C=O) groups is 1. The molecule has 1 aliphatic carbocycles. The van der Waals surface area contributed by atoms with E-state index in [0.29, 0.717) is 23.5 Å². The lowest BCUT2D eigenvalue weighted by molar-refractivity contribution is -0.136. The zero-order valence-electron chi connectivity index (χ0n) is 15.2. The van der Waals surface area contributed by atoms with Gasteiger partial charge >= 0.3 is 6.18 Å². The van der Waals surface area contributed by atoms with Crippen LogP contribution in [0.3, 0.4) is 0 Å². The van der Waals surface area contributed by atoms with Crippen LogP contribution >= 0.6 is 0 Å². The fraction of sp³-hybridized carbons (Fsp3) is 0.550. The molecule has 148 valence electrons. The molecule has 2 aromatic rings. The van der Waals surface area contributed by atoms with Gasteiger partial charge in [0.2, 0.25) is 0 Å². The van der Waals surface area contributed by atoms with Gasteiger partial charge in [0.1, 0.15) is 0 Å². The number of amides is 1. The van der Waals surface area contributed by atoms with Gasteiger partial charge in [-0.3, -0.25) is 4.79 Å². The number of nitrogens with zero attached hydrogens (tertiary/aromatic N) is 1. The lowest BCUT2D eigenvalue weighted by Crippen LogP contribution is -2.18. The van der Waals surface area contributed by atoms with Gasteiger partial charge in [-0.2, -0.15) is 13.2 Å². The third-order valence-electron chi connectivity index (χ3n) is 5.53. The summed E-state index contributed by atoms with van der Waals surface area (Å²) in [6.07, 6.45) is 2.40. The summed E-state index contributed by atoms with van der Waals surface area (Å²) in [4.78, 5) is 12.2. The normalized spacial score (nSPS) is 16.6. The number of carbonyl (C=O) groups excluding carboxylic acids is 1. The second kappa shape index (κ2) is 7.92. The van der Waals surface area contributed by atoms with E-state index in [4.69, 9.17) is 5.73 Å². The number of rotatable bonds is 5. The van der Waals surface area contributed by atoms with E-state index in [1.54, 1.807) is 10.6 Å². The molecule has 0 radical (unpaired) electrons. The molecule has 1 heterocycles. The van der Waals surface area contributed by atoms with Crippen molar-refractivity contribution in [2.24, 2.45) is 11.7 Å². The van der Waals surface area contributed by atoms with Crippen LogP contribution in [0.5, 0.6) is 0 Å². The van der Waals surface area contributed by atoms with Gasteiger partial charge < -0.3 is 15.4 Å². The van der Waals surface area contributed by atoms with Gasteiger partial charge in [0.15, 0.2) is 0 Å². The molecule has 0 spiro atoms. The highest BCUT2D eigenvalue weighted by molar-refractivity contribution is 6.09. The van der Waals surface area contributed by atoms with Crippen molar-refractivity contribution in [3.8, 4) is 0 Å². The van der Waals surface area contributed by atoms with Gasteiger partial charge in [-0.15, -0.1) is 0 Å². The van der Waals surface area contributed by atoms with E-state index in [9.17, 15) is 23.1 Å². The number of hydrogen-bond donors (Lipinski definition) is 2. The van der Waals surface area contributed by atoms with Crippen molar-refractivity contribution < 1.29 is 23.1 Å². The molecule has 0 saturated heterocycles. The maximum absolute atomic E-state index is 13.6. The number of nitrogens with two attached hydrogens (primary N) is 1. The summed E-state index contributed by atoms with van der Waals surface area (Å²) in [5.41, 5.74) is 5.48. The Bertz CT molecular complexity index is 819. The molecule has 1 fully saturated rings. The summed E-state index contributed by atoms with van der Waals surface area (Å²) >= 11 is 0. The third kappa shape index (κ3) is 3.98. The molecule has 1 aromatic carbocycles. The van der Waals surface area contributed by atoms with Crippen LogP contribution in [0.1, 0.15) is 60.1 Å². The summed E-state index contributed by atoms with van der Waals surface area (Å²) in [5.74, 6) is -0.543. The number of fused-ring (bicyclic) bond motifs is 1. The molecular weight excluding hydrogens is 357 g/mol. The summed E-state index contributed by atoms with van der Waals surface area (Å²) in [7, 11) is 0. The molecule has 3 N–H and O–H groups in total. The quantitative estimate of drug-likeness (QED) is 0.759. The maximum Gasteiger partial charge on any atom is 0.417 e. The number of hydrogen-bond acceptors (Lipinski definition) is 2. The van der Waals surface area contributed by atoms with Gasteiger partial charge in [0.25, 0.3) is 5.91 Å². The van der Waals surface area contributed by atoms with Crippen LogP contribution < -0.4 is 5.73 Å². The molecule has 4 nitrogen and oxygen atoms in total. The number of aliphatic hydroxyl groups is 1. The molecule has 1 saturated carbocycles. The van der Waals surface area contributed by atoms with Crippen molar-refractivity contribution in [2.45, 2.75) is 57.7 Å². The number of aliphatic hydroxyl groups excluding tert-OH is 1. The average molecular weight is 382 g/mol. The molecule has 0 atom stereocenters. The first-order valence-electron chi connectivity index (χ1n) is 9.46. The number of halogens is 3. The molecule has 0 aliphatic heterocycles. The molecule has 1 aromatic heterocycles. The van der Waals surface area contributed by atoms with Crippen LogP contribution in [0.4, 0.5) is 13.2 Å². The Morgan fingerprint density at radius 1 is 1.19 bits per heavy atom. The van der Waals surface area contributed by atoms with Crippen molar-refractivity contribution in [3.63, 3.8) is 0 Å². The Kier molecular flexibility index (Phi) is 5.79. The Hall–Kier alpha value is -2.02. The van der Waals surface area contributed by atoms with E-state index in [0.717, 1.165) is 44.6 Å². The monoisotopic (exact) mass is 382 g/mol. The van der Waals surface area contributed by atoms with Gasteiger partial charge in [-0.05, 0) is 24.5 Å². The summed E-state index contributed by atoms with van der Waals surface area (Å²) < 4.78 is 42.4. The fourth-order valence-electron chi connectivity index (χ4n) is 4.36. The number of alkyl halides is 3. The standard InChI is InChI=1S/C20H25F3N2O2/c21-20(22,23)14-8-5-9-15-17(14)18(19(24)27)16(25(15)10-11-26)12-13-6-3-1-2-4-7-13/h5,8-9,13,26H,1-4,6-7,10-12H2,(H2,24,27). The highest BCUT2D eigenvalue weighted by Gasteiger charge is 2.36. The van der Waals surface area contributed by atoms with Gasteiger partial charge in [0.05, 0.1) is 17.7 Å². The van der Waals surface area contributed by atoms with Gasteiger partial charge in [-0.25, -0.2) is 0 Å². The predicted octanol–water partition coefficient (Wildman–Crippen LogP) is 4.26. The van der Waals surface area contributed by atoms with Crippen LogP contribution in [0, 0.1) is 5.92 Å². The number of primary amides is 1. The minimum Gasteiger partial charge on any atom is -0.395 e. The smallest absolute Gasteiger partial charge is 0.395 e. The van der Waals surface area contributed by atoms with Crippen LogP contribution in [-0.4, -0.2) is 22.2 Å². The molecule has 1 aliphatic rings. The molecule has 7 heteroatoms. The second-order valence-electron chi connectivity index (χ2n) is 7.32. The topological polar surface area (TPSA) is 68.2 Å². The minimum atomic E-state index is -4.59. The Labute approximate surface area is 156 Å². The first-order valence-corrected chi connectivity index (χ1v) is 9.46. The zero-order valence-corrected chi connectivity index (χ0v) is 15.2. The van der Waals surface area contributed by atoms with Crippen molar-refractivity contribution in [1.82, 2.24) is 4.57 Å². The Morgan fingerprint density at radius 3 is 2.41 bits per heavy atom. The van der Waals surface area contributed by atoms with Crippen LogP contribution in [-0.2, 0) is 19.1 Å². The molecule has 1 amide bonds. The van der Waals surface area contributed by atoms with Gasteiger partial charge in [-0.1, -0.05) is 44.6 Å².